The molecular weight excluding hydrogens is 186 g/mol. The zero-order chi connectivity index (χ0) is 11.4. The van der Waals surface area contributed by atoms with E-state index in [9.17, 15) is 9.90 Å². The minimum absolute atomic E-state index is 0.0900. The van der Waals surface area contributed by atoms with Crippen molar-refractivity contribution in [2.24, 2.45) is 0 Å². The Morgan fingerprint density at radius 2 is 1.93 bits per heavy atom. The van der Waals surface area contributed by atoms with Gasteiger partial charge in [-0.25, -0.2) is 4.79 Å². The zero-order valence-electron chi connectivity index (χ0n) is 8.87. The Morgan fingerprint density at radius 1 is 1.43 bits per heavy atom. The van der Waals surface area contributed by atoms with Crippen LogP contribution in [-0.2, 0) is 4.79 Å². The number of aliphatic hydroxyl groups excluding tert-OH is 1. The van der Waals surface area contributed by atoms with E-state index >= 15 is 0 Å². The Labute approximate surface area is 83.8 Å². The highest BCUT2D eigenvalue weighted by Gasteiger charge is 2.32. The Kier molecular flexibility index (Phi) is 4.51. The molecule has 0 aromatic heterocycles. The van der Waals surface area contributed by atoms with Crippen molar-refractivity contribution in [3.8, 4) is 0 Å². The fourth-order valence-electron chi connectivity index (χ4n) is 0.754. The first kappa shape index (κ1) is 13.4. The summed E-state index contributed by atoms with van der Waals surface area (Å²) in [6.45, 7) is 4.67. The molecule has 0 aliphatic carbocycles. The maximum atomic E-state index is 10.6. The van der Waals surface area contributed by atoms with Crippen molar-refractivity contribution < 1.29 is 20.1 Å². The molecule has 2 atom stereocenters. The van der Waals surface area contributed by atoms with Crippen molar-refractivity contribution in [2.45, 2.75) is 38.3 Å². The van der Waals surface area contributed by atoms with Crippen LogP contribution in [0.5, 0.6) is 0 Å². The predicted molar refractivity (Wildman–Crippen MR) is 52.0 cm³/mol. The number of β-amino-alcohol motifs (C(OH)–C–C–N with tert-alkyl or cyclic N) is 1. The first-order valence-electron chi connectivity index (χ1n) is 4.59. The van der Waals surface area contributed by atoms with E-state index in [1.54, 1.807) is 6.92 Å². The molecule has 4 N–H and O–H groups in total. The highest BCUT2D eigenvalue weighted by atomic mass is 16.4. The van der Waals surface area contributed by atoms with Gasteiger partial charge in [-0.2, -0.15) is 0 Å². The Morgan fingerprint density at radius 3 is 2.21 bits per heavy atom. The smallest absolute Gasteiger partial charge is 0.336 e. The average molecular weight is 205 g/mol. The van der Waals surface area contributed by atoms with Crippen LogP contribution >= 0.6 is 0 Å². The molecule has 0 saturated carbocycles. The lowest BCUT2D eigenvalue weighted by molar-refractivity contribution is -0.156. The van der Waals surface area contributed by atoms with Gasteiger partial charge in [0, 0.05) is 12.1 Å². The van der Waals surface area contributed by atoms with E-state index in [4.69, 9.17) is 10.2 Å². The van der Waals surface area contributed by atoms with Gasteiger partial charge in [-0.15, -0.1) is 0 Å². The minimum atomic E-state index is -1.80. The lowest BCUT2D eigenvalue weighted by Crippen LogP contribution is -2.54. The van der Waals surface area contributed by atoms with Gasteiger partial charge in [-0.3, -0.25) is 0 Å². The Hall–Kier alpha value is -0.650. The van der Waals surface area contributed by atoms with E-state index in [-0.39, 0.29) is 13.2 Å². The number of carboxylic acids is 1. The number of aliphatic carboxylic acids is 1. The highest BCUT2D eigenvalue weighted by Crippen LogP contribution is 2.10. The molecule has 0 spiro atoms. The van der Waals surface area contributed by atoms with Gasteiger partial charge < -0.3 is 20.6 Å². The summed E-state index contributed by atoms with van der Waals surface area (Å²) in [5, 5.41) is 29.9. The van der Waals surface area contributed by atoms with Crippen molar-refractivity contribution in [1.29, 1.82) is 0 Å². The molecule has 5 nitrogen and oxygen atoms in total. The third kappa shape index (κ3) is 3.61. The number of rotatable bonds is 6. The normalized spacial score (nSPS) is 19.8. The first-order valence-corrected chi connectivity index (χ1v) is 4.59. The fraction of sp³-hybridized carbons (Fsp3) is 0.889. The SMILES string of the molecule is CCC(C)(CO)NCC(C)(O)C(=O)O. The molecule has 0 amide bonds. The van der Waals surface area contributed by atoms with Gasteiger partial charge in [-0.05, 0) is 20.3 Å². The third-order valence-corrected chi connectivity index (χ3v) is 2.45. The second-order valence-electron chi connectivity index (χ2n) is 4.00. The average Bonchev–Trinajstić information content (AvgIpc) is 2.14. The Balaban J connectivity index is 4.23. The third-order valence-electron chi connectivity index (χ3n) is 2.45. The van der Waals surface area contributed by atoms with Gasteiger partial charge in [0.1, 0.15) is 0 Å². The van der Waals surface area contributed by atoms with Crippen molar-refractivity contribution in [1.82, 2.24) is 5.32 Å². The van der Waals surface area contributed by atoms with Crippen LogP contribution in [0, 0.1) is 0 Å². The number of carboxylic acid groups (broad SMARTS) is 1. The zero-order valence-corrected chi connectivity index (χ0v) is 8.87. The molecule has 2 unspecified atom stereocenters. The van der Waals surface area contributed by atoms with Crippen LogP contribution in [-0.4, -0.2) is 45.6 Å². The summed E-state index contributed by atoms with van der Waals surface area (Å²) in [5.41, 5.74) is -2.34. The number of hydrogen-bond acceptors (Lipinski definition) is 4. The van der Waals surface area contributed by atoms with Gasteiger partial charge in [0.25, 0.3) is 0 Å². The number of aliphatic hydroxyl groups is 2. The second kappa shape index (κ2) is 4.72. The molecule has 0 radical (unpaired) electrons. The molecule has 0 rings (SSSR count). The number of hydrogen-bond donors (Lipinski definition) is 4. The lowest BCUT2D eigenvalue weighted by Gasteiger charge is -2.30. The van der Waals surface area contributed by atoms with Gasteiger partial charge in [0.2, 0.25) is 0 Å². The molecule has 14 heavy (non-hydrogen) atoms. The van der Waals surface area contributed by atoms with Gasteiger partial charge in [0.05, 0.1) is 6.61 Å². The molecule has 0 aliphatic heterocycles. The maximum absolute atomic E-state index is 10.6. The molecule has 5 heteroatoms. The molecule has 0 heterocycles. The molecule has 0 aliphatic rings. The molecule has 0 aromatic rings. The summed E-state index contributed by atoms with van der Waals surface area (Å²) < 4.78 is 0. The van der Waals surface area contributed by atoms with E-state index < -0.39 is 17.1 Å². The van der Waals surface area contributed by atoms with Crippen LogP contribution in [0.3, 0.4) is 0 Å². The van der Waals surface area contributed by atoms with Crippen LogP contribution in [0.4, 0.5) is 0 Å². The monoisotopic (exact) mass is 205 g/mol. The van der Waals surface area contributed by atoms with Crippen molar-refractivity contribution in [3.63, 3.8) is 0 Å². The van der Waals surface area contributed by atoms with Gasteiger partial charge in [0.15, 0.2) is 5.60 Å². The predicted octanol–water partition coefficient (Wildman–Crippen LogP) is -0.427. The van der Waals surface area contributed by atoms with Gasteiger partial charge in [-0.1, -0.05) is 6.92 Å². The summed E-state index contributed by atoms with van der Waals surface area (Å²) in [6.07, 6.45) is 0.652. The second-order valence-corrected chi connectivity index (χ2v) is 4.00. The maximum Gasteiger partial charge on any atom is 0.336 e. The van der Waals surface area contributed by atoms with Crippen molar-refractivity contribution >= 4 is 5.97 Å². The summed E-state index contributed by atoms with van der Waals surface area (Å²) in [6, 6.07) is 0. The quantitative estimate of drug-likeness (QED) is 0.472. The van der Waals surface area contributed by atoms with Gasteiger partial charge >= 0.3 is 5.97 Å². The Bertz CT molecular complexity index is 199. The van der Waals surface area contributed by atoms with Crippen LogP contribution in [0.15, 0.2) is 0 Å². The first-order chi connectivity index (χ1) is 6.27. The molecular formula is C9H19NO4. The topological polar surface area (TPSA) is 89.8 Å². The largest absolute Gasteiger partial charge is 0.479 e. The lowest BCUT2D eigenvalue weighted by atomic mass is 9.98. The molecule has 0 fully saturated rings. The standard InChI is InChI=1S/C9H19NO4/c1-4-8(2,6-11)10-5-9(3,14)7(12)13/h10-11,14H,4-6H2,1-3H3,(H,12,13). The molecule has 84 valence electrons. The van der Waals surface area contributed by atoms with Crippen LogP contribution in [0.2, 0.25) is 0 Å². The molecule has 0 saturated heterocycles. The van der Waals surface area contributed by atoms with E-state index in [1.165, 1.54) is 6.92 Å². The minimum Gasteiger partial charge on any atom is -0.479 e. The van der Waals surface area contributed by atoms with Crippen molar-refractivity contribution in [2.75, 3.05) is 13.2 Å². The van der Waals surface area contributed by atoms with Crippen LogP contribution < -0.4 is 5.32 Å². The van der Waals surface area contributed by atoms with E-state index in [0.717, 1.165) is 0 Å². The summed E-state index contributed by atoms with van der Waals surface area (Å²) >= 11 is 0. The van der Waals surface area contributed by atoms with E-state index in [2.05, 4.69) is 5.32 Å². The summed E-state index contributed by atoms with van der Waals surface area (Å²) in [7, 11) is 0. The summed E-state index contributed by atoms with van der Waals surface area (Å²) in [4.78, 5) is 10.6. The molecule has 0 bridgehead atoms. The van der Waals surface area contributed by atoms with Crippen LogP contribution in [0.1, 0.15) is 27.2 Å². The van der Waals surface area contributed by atoms with E-state index in [0.29, 0.717) is 6.42 Å². The van der Waals surface area contributed by atoms with E-state index in [1.807, 2.05) is 6.92 Å². The molecule has 0 aromatic carbocycles. The fourth-order valence-corrected chi connectivity index (χ4v) is 0.754. The summed E-state index contributed by atoms with van der Waals surface area (Å²) in [5.74, 6) is -1.28. The van der Waals surface area contributed by atoms with Crippen molar-refractivity contribution in [3.05, 3.63) is 0 Å². The van der Waals surface area contributed by atoms with Crippen LogP contribution in [0.25, 0.3) is 0 Å². The number of carbonyl (C=O) groups is 1. The number of nitrogens with one attached hydrogen (secondary N) is 1. The highest BCUT2D eigenvalue weighted by molar-refractivity contribution is 5.76.